The van der Waals surface area contributed by atoms with Gasteiger partial charge in [-0.05, 0) is 42.9 Å². The van der Waals surface area contributed by atoms with Crippen LogP contribution in [0.5, 0.6) is 0 Å². The van der Waals surface area contributed by atoms with Crippen molar-refractivity contribution in [2.45, 2.75) is 26.4 Å². The Hall–Kier alpha value is -2.80. The zero-order valence-electron chi connectivity index (χ0n) is 13.8. The highest BCUT2D eigenvalue weighted by Gasteiger charge is 2.35. The number of carbonyl (C=O) groups excluding carboxylic acids is 2. The second-order valence-corrected chi connectivity index (χ2v) is 6.87. The first-order valence-corrected chi connectivity index (χ1v) is 8.76. The lowest BCUT2D eigenvalue weighted by molar-refractivity contribution is -0.122. The van der Waals surface area contributed by atoms with Crippen molar-refractivity contribution < 1.29 is 9.59 Å². The van der Waals surface area contributed by atoms with Gasteiger partial charge in [-0.25, -0.2) is 0 Å². The van der Waals surface area contributed by atoms with Crippen LogP contribution in [0.2, 0.25) is 0 Å². The monoisotopic (exact) mass is 352 g/mol. The Labute approximate surface area is 148 Å². The van der Waals surface area contributed by atoms with Crippen molar-refractivity contribution in [3.8, 4) is 0 Å². The summed E-state index contributed by atoms with van der Waals surface area (Å²) in [6.45, 7) is 3.97. The first-order valence-electron chi connectivity index (χ1n) is 7.99. The summed E-state index contributed by atoms with van der Waals surface area (Å²) in [5.74, 6) is -0.337. The van der Waals surface area contributed by atoms with E-state index < -0.39 is 6.04 Å². The van der Waals surface area contributed by atoms with Gasteiger partial charge in [0.1, 0.15) is 6.04 Å². The average molecular weight is 352 g/mol. The van der Waals surface area contributed by atoms with Crippen LogP contribution in [0.25, 0.3) is 10.8 Å². The molecule has 1 atom stereocenters. The zero-order chi connectivity index (χ0) is 17.6. The molecule has 0 spiro atoms. The summed E-state index contributed by atoms with van der Waals surface area (Å²) in [6, 6.07) is 10.8. The Balaban J connectivity index is 1.60. The number of hydrogen-bond acceptors (Lipinski definition) is 5. The van der Waals surface area contributed by atoms with Crippen molar-refractivity contribution in [2.24, 2.45) is 0 Å². The maximum absolute atomic E-state index is 12.8. The second kappa shape index (κ2) is 5.93. The summed E-state index contributed by atoms with van der Waals surface area (Å²) in [4.78, 5) is 27.9. The third-order valence-electron chi connectivity index (χ3n) is 4.53. The molecule has 0 fully saturated rings. The molecule has 2 amide bonds. The maximum Gasteiger partial charge on any atom is 0.259 e. The van der Waals surface area contributed by atoms with Gasteiger partial charge in [0.25, 0.3) is 5.91 Å². The Bertz CT molecular complexity index is 992. The summed E-state index contributed by atoms with van der Waals surface area (Å²) in [7, 11) is 0. The third-order valence-corrected chi connectivity index (χ3v) is 5.35. The molecule has 0 bridgehead atoms. The second-order valence-electron chi connectivity index (χ2n) is 6.03. The van der Waals surface area contributed by atoms with E-state index in [1.807, 2.05) is 43.3 Å². The van der Waals surface area contributed by atoms with Crippen LogP contribution in [0.3, 0.4) is 0 Å². The zero-order valence-corrected chi connectivity index (χ0v) is 14.6. The number of rotatable bonds is 4. The van der Waals surface area contributed by atoms with E-state index in [4.69, 9.17) is 0 Å². The molecule has 126 valence electrons. The molecule has 4 rings (SSSR count). The smallest absolute Gasteiger partial charge is 0.259 e. The van der Waals surface area contributed by atoms with Crippen LogP contribution in [0, 0.1) is 6.92 Å². The number of aromatic nitrogens is 2. The van der Waals surface area contributed by atoms with Gasteiger partial charge in [0.2, 0.25) is 5.91 Å². The number of nitrogens with one attached hydrogen (secondary N) is 1. The van der Waals surface area contributed by atoms with Crippen molar-refractivity contribution in [1.29, 1.82) is 0 Å². The fourth-order valence-corrected chi connectivity index (χ4v) is 3.74. The van der Waals surface area contributed by atoms with Gasteiger partial charge >= 0.3 is 0 Å². The van der Waals surface area contributed by atoms with Crippen molar-refractivity contribution in [1.82, 2.24) is 14.9 Å². The van der Waals surface area contributed by atoms with Crippen LogP contribution in [-0.4, -0.2) is 27.4 Å². The van der Waals surface area contributed by atoms with E-state index in [0.717, 1.165) is 27.0 Å². The minimum absolute atomic E-state index is 0.134. The fraction of sp³-hybridized carbons (Fsp3) is 0.222. The highest BCUT2D eigenvalue weighted by atomic mass is 32.1. The Morgan fingerprint density at radius 2 is 2.04 bits per heavy atom. The van der Waals surface area contributed by atoms with E-state index >= 15 is 0 Å². The lowest BCUT2D eigenvalue weighted by Gasteiger charge is -2.24. The van der Waals surface area contributed by atoms with Crippen LogP contribution in [0.1, 0.15) is 27.9 Å². The molecule has 1 N–H and O–H groups in total. The molecule has 0 radical (unpaired) electrons. The molecule has 3 aromatic rings. The molecule has 2 aromatic carbocycles. The van der Waals surface area contributed by atoms with Crippen molar-refractivity contribution in [3.05, 3.63) is 52.5 Å². The van der Waals surface area contributed by atoms with E-state index in [0.29, 0.717) is 12.1 Å². The summed E-state index contributed by atoms with van der Waals surface area (Å²) >= 11 is 1.27. The molecule has 0 saturated heterocycles. The van der Waals surface area contributed by atoms with Gasteiger partial charge < -0.3 is 5.32 Å². The van der Waals surface area contributed by atoms with E-state index in [1.165, 1.54) is 11.5 Å². The van der Waals surface area contributed by atoms with E-state index in [-0.39, 0.29) is 11.8 Å². The van der Waals surface area contributed by atoms with E-state index in [1.54, 1.807) is 11.8 Å². The van der Waals surface area contributed by atoms with Crippen molar-refractivity contribution in [2.75, 3.05) is 4.90 Å². The molecule has 1 aliphatic rings. The van der Waals surface area contributed by atoms with Crippen molar-refractivity contribution >= 4 is 39.8 Å². The van der Waals surface area contributed by atoms with Gasteiger partial charge in [-0.3, -0.25) is 14.5 Å². The van der Waals surface area contributed by atoms with Crippen LogP contribution in [0.4, 0.5) is 5.69 Å². The number of aryl methyl sites for hydroxylation is 1. The predicted octanol–water partition coefficient (Wildman–Crippen LogP) is 2.66. The van der Waals surface area contributed by atoms with Gasteiger partial charge in [0.15, 0.2) is 0 Å². The van der Waals surface area contributed by atoms with E-state index in [9.17, 15) is 9.59 Å². The number of nitrogens with zero attached hydrogens (tertiary/aromatic N) is 3. The van der Waals surface area contributed by atoms with Gasteiger partial charge in [-0.15, -0.1) is 5.10 Å². The average Bonchev–Trinajstić information content (AvgIpc) is 3.15. The Kier molecular flexibility index (Phi) is 3.73. The van der Waals surface area contributed by atoms with Gasteiger partial charge in [0.05, 0.1) is 22.8 Å². The van der Waals surface area contributed by atoms with Gasteiger partial charge in [0, 0.05) is 10.9 Å². The maximum atomic E-state index is 12.8. The van der Waals surface area contributed by atoms with Crippen LogP contribution >= 0.6 is 11.5 Å². The molecular formula is C18H16N4O2S. The Morgan fingerprint density at radius 3 is 2.76 bits per heavy atom. The molecule has 0 aliphatic carbocycles. The topological polar surface area (TPSA) is 75.2 Å². The Morgan fingerprint density at radius 1 is 1.28 bits per heavy atom. The van der Waals surface area contributed by atoms with E-state index in [2.05, 4.69) is 14.9 Å². The third kappa shape index (κ3) is 2.47. The lowest BCUT2D eigenvalue weighted by Crippen LogP contribution is -2.46. The quantitative estimate of drug-likeness (QED) is 0.783. The molecule has 0 saturated carbocycles. The standard InChI is InChI=1S/C18H16N4O2S/c1-10-15(25-21-20-10)9-19-17(23)11(2)22-14-8-4-6-12-5-3-7-13(16(12)14)18(22)24/h3-8,11H,9H2,1-2H3,(H,19,23). The minimum atomic E-state index is -0.605. The molecule has 25 heavy (non-hydrogen) atoms. The van der Waals surface area contributed by atoms with Crippen LogP contribution in [-0.2, 0) is 11.3 Å². The predicted molar refractivity (Wildman–Crippen MR) is 96.7 cm³/mol. The molecule has 1 aliphatic heterocycles. The first kappa shape index (κ1) is 15.7. The van der Waals surface area contributed by atoms with Gasteiger partial charge in [-0.2, -0.15) is 0 Å². The SMILES string of the molecule is Cc1nnsc1CNC(=O)C(C)N1C(=O)c2cccc3cccc1c23. The molecule has 7 heteroatoms. The first-order chi connectivity index (χ1) is 12.1. The largest absolute Gasteiger partial charge is 0.349 e. The van der Waals surface area contributed by atoms with Gasteiger partial charge in [-0.1, -0.05) is 28.8 Å². The minimum Gasteiger partial charge on any atom is -0.349 e. The van der Waals surface area contributed by atoms with Crippen LogP contribution in [0.15, 0.2) is 36.4 Å². The lowest BCUT2D eigenvalue weighted by atomic mass is 10.1. The summed E-state index contributed by atoms with van der Waals surface area (Å²) in [5.41, 5.74) is 2.25. The highest BCUT2D eigenvalue weighted by Crippen LogP contribution is 2.38. The number of benzene rings is 2. The summed E-state index contributed by atoms with van der Waals surface area (Å²) < 4.78 is 3.86. The fourth-order valence-electron chi connectivity index (χ4n) is 3.17. The van der Waals surface area contributed by atoms with Crippen LogP contribution < -0.4 is 10.2 Å². The summed E-state index contributed by atoms with van der Waals surface area (Å²) in [5, 5.41) is 8.73. The number of amides is 2. The molecule has 1 aromatic heterocycles. The highest BCUT2D eigenvalue weighted by molar-refractivity contribution is 7.05. The number of hydrogen-bond donors (Lipinski definition) is 1. The molecule has 6 nitrogen and oxygen atoms in total. The van der Waals surface area contributed by atoms with Crippen molar-refractivity contribution in [3.63, 3.8) is 0 Å². The number of anilines is 1. The normalized spacial score (nSPS) is 14.2. The molecule has 2 heterocycles. The number of carbonyl (C=O) groups is 2. The molecular weight excluding hydrogens is 336 g/mol. The summed E-state index contributed by atoms with van der Waals surface area (Å²) in [6.07, 6.45) is 0. The molecule has 1 unspecified atom stereocenters.